The second kappa shape index (κ2) is 3.12. The second-order valence-electron chi connectivity index (χ2n) is 3.63. The van der Waals surface area contributed by atoms with E-state index in [2.05, 4.69) is 16.9 Å². The molecule has 1 unspecified atom stereocenters. The second-order valence-corrected chi connectivity index (χ2v) is 3.63. The van der Waals surface area contributed by atoms with Crippen molar-refractivity contribution in [2.24, 2.45) is 5.73 Å². The van der Waals surface area contributed by atoms with Crippen molar-refractivity contribution >= 4 is 0 Å². The van der Waals surface area contributed by atoms with E-state index in [1.54, 1.807) is 0 Å². The molecular formula is C9H15N3O. The summed E-state index contributed by atoms with van der Waals surface area (Å²) in [6.45, 7) is 3.39. The van der Waals surface area contributed by atoms with Crippen LogP contribution in [0.3, 0.4) is 0 Å². The van der Waals surface area contributed by atoms with Gasteiger partial charge in [0.05, 0.1) is 18.4 Å². The molecule has 1 aromatic heterocycles. The van der Waals surface area contributed by atoms with Gasteiger partial charge < -0.3 is 15.5 Å². The van der Waals surface area contributed by atoms with E-state index in [4.69, 9.17) is 10.5 Å². The number of H-pyrrole nitrogens is 1. The highest BCUT2D eigenvalue weighted by molar-refractivity contribution is 5.11. The maximum absolute atomic E-state index is 5.67. The van der Waals surface area contributed by atoms with Gasteiger partial charge in [-0.15, -0.1) is 0 Å². The molecule has 1 atom stereocenters. The number of aromatic amines is 1. The summed E-state index contributed by atoms with van der Waals surface area (Å²) in [4.78, 5) is 7.35. The third kappa shape index (κ3) is 1.47. The van der Waals surface area contributed by atoms with Crippen LogP contribution < -0.4 is 5.73 Å². The fraction of sp³-hybridized carbons (Fsp3) is 0.667. The van der Waals surface area contributed by atoms with Crippen molar-refractivity contribution in [3.8, 4) is 0 Å². The van der Waals surface area contributed by atoms with Gasteiger partial charge in [-0.1, -0.05) is 0 Å². The molecule has 0 saturated carbocycles. The third-order valence-corrected chi connectivity index (χ3v) is 2.61. The third-order valence-electron chi connectivity index (χ3n) is 2.61. The summed E-state index contributed by atoms with van der Waals surface area (Å²) >= 11 is 0. The minimum Gasteiger partial charge on any atom is -0.369 e. The summed E-state index contributed by atoms with van der Waals surface area (Å²) in [6.07, 6.45) is 4.00. The summed E-state index contributed by atoms with van der Waals surface area (Å²) in [6, 6.07) is 0. The first kappa shape index (κ1) is 8.72. The lowest BCUT2D eigenvalue weighted by molar-refractivity contribution is 0.0135. The Morgan fingerprint density at radius 3 is 3.15 bits per heavy atom. The van der Waals surface area contributed by atoms with Crippen LogP contribution in [-0.2, 0) is 16.9 Å². The van der Waals surface area contributed by atoms with Gasteiger partial charge in [-0.25, -0.2) is 4.98 Å². The molecule has 1 fully saturated rings. The van der Waals surface area contributed by atoms with Gasteiger partial charge in [0.15, 0.2) is 0 Å². The van der Waals surface area contributed by atoms with E-state index in [9.17, 15) is 0 Å². The minimum absolute atomic E-state index is 0.166. The van der Waals surface area contributed by atoms with Gasteiger partial charge in [0, 0.05) is 6.61 Å². The minimum atomic E-state index is -0.166. The zero-order valence-electron chi connectivity index (χ0n) is 7.84. The predicted octanol–water partition coefficient (Wildman–Crippen LogP) is 0.894. The summed E-state index contributed by atoms with van der Waals surface area (Å²) in [5.74, 6) is 0.826. The van der Waals surface area contributed by atoms with Crippen LogP contribution in [0.2, 0.25) is 0 Å². The molecule has 4 nitrogen and oxygen atoms in total. The maximum Gasteiger partial charge on any atom is 0.120 e. The molecule has 0 aliphatic carbocycles. The monoisotopic (exact) mass is 181 g/mol. The van der Waals surface area contributed by atoms with Crippen LogP contribution in [0.4, 0.5) is 0 Å². The van der Waals surface area contributed by atoms with Crippen molar-refractivity contribution < 1.29 is 4.74 Å². The van der Waals surface area contributed by atoms with Crippen LogP contribution in [-0.4, -0.2) is 16.6 Å². The normalized spacial score (nSPS) is 28.2. The standard InChI is InChI=1S/C9H15N3O/c1-9(3-2-4-13-9)7-6-11-8(5-10)12-7/h6H,2-5,10H2,1H3,(H,11,12). The van der Waals surface area contributed by atoms with Crippen LogP contribution in [0.25, 0.3) is 0 Å². The number of nitrogens with one attached hydrogen (secondary N) is 1. The van der Waals surface area contributed by atoms with Crippen molar-refractivity contribution in [1.82, 2.24) is 9.97 Å². The molecule has 1 aliphatic heterocycles. The number of ether oxygens (including phenoxy) is 1. The van der Waals surface area contributed by atoms with Crippen LogP contribution in [0.5, 0.6) is 0 Å². The molecule has 4 heteroatoms. The van der Waals surface area contributed by atoms with E-state index >= 15 is 0 Å². The first-order valence-electron chi connectivity index (χ1n) is 4.63. The first-order valence-corrected chi connectivity index (χ1v) is 4.63. The first-order chi connectivity index (χ1) is 6.24. The fourth-order valence-electron chi connectivity index (χ4n) is 1.73. The van der Waals surface area contributed by atoms with Gasteiger partial charge >= 0.3 is 0 Å². The molecule has 2 rings (SSSR count). The molecule has 0 spiro atoms. The Morgan fingerprint density at radius 1 is 1.77 bits per heavy atom. The molecule has 0 bridgehead atoms. The highest BCUT2D eigenvalue weighted by atomic mass is 16.5. The van der Waals surface area contributed by atoms with E-state index in [1.807, 2.05) is 6.20 Å². The summed E-state index contributed by atoms with van der Waals surface area (Å²) in [7, 11) is 0. The maximum atomic E-state index is 5.67. The number of nitrogens with zero attached hydrogens (tertiary/aromatic N) is 1. The van der Waals surface area contributed by atoms with Crippen molar-refractivity contribution in [3.05, 3.63) is 17.7 Å². The number of aromatic nitrogens is 2. The smallest absolute Gasteiger partial charge is 0.120 e. The van der Waals surface area contributed by atoms with Gasteiger partial charge in [-0.2, -0.15) is 0 Å². The van der Waals surface area contributed by atoms with E-state index in [0.717, 1.165) is 31.0 Å². The molecule has 0 aromatic carbocycles. The van der Waals surface area contributed by atoms with Crippen molar-refractivity contribution in [1.29, 1.82) is 0 Å². The zero-order valence-corrected chi connectivity index (χ0v) is 7.84. The summed E-state index contributed by atoms with van der Waals surface area (Å²) in [5.41, 5.74) is 6.35. The van der Waals surface area contributed by atoms with Gasteiger partial charge in [0.2, 0.25) is 0 Å². The van der Waals surface area contributed by atoms with Crippen molar-refractivity contribution in [2.75, 3.05) is 6.61 Å². The molecule has 0 amide bonds. The van der Waals surface area contributed by atoms with E-state index in [0.29, 0.717) is 6.54 Å². The Labute approximate surface area is 77.5 Å². The number of rotatable bonds is 2. The Hall–Kier alpha value is -0.870. The summed E-state index contributed by atoms with van der Waals surface area (Å²) in [5, 5.41) is 0. The molecular weight excluding hydrogens is 166 g/mol. The van der Waals surface area contributed by atoms with E-state index in [1.165, 1.54) is 0 Å². The SMILES string of the molecule is CC1(c2cnc(CN)[nH]2)CCCO1. The van der Waals surface area contributed by atoms with Crippen molar-refractivity contribution in [3.63, 3.8) is 0 Å². The molecule has 1 aromatic rings. The molecule has 1 saturated heterocycles. The summed E-state index contributed by atoms with van der Waals surface area (Å²) < 4.78 is 5.67. The lowest BCUT2D eigenvalue weighted by Gasteiger charge is -2.20. The predicted molar refractivity (Wildman–Crippen MR) is 49.0 cm³/mol. The van der Waals surface area contributed by atoms with E-state index in [-0.39, 0.29) is 5.60 Å². The molecule has 72 valence electrons. The van der Waals surface area contributed by atoms with Gasteiger partial charge in [-0.3, -0.25) is 0 Å². The van der Waals surface area contributed by atoms with Crippen molar-refractivity contribution in [2.45, 2.75) is 31.9 Å². The van der Waals surface area contributed by atoms with Crippen LogP contribution >= 0.6 is 0 Å². The van der Waals surface area contributed by atoms with Crippen LogP contribution in [0, 0.1) is 0 Å². The van der Waals surface area contributed by atoms with Gasteiger partial charge in [0.1, 0.15) is 11.4 Å². The number of imidazole rings is 1. The Bertz CT molecular complexity index is 289. The molecule has 3 N–H and O–H groups in total. The molecule has 2 heterocycles. The lowest BCUT2D eigenvalue weighted by atomic mass is 10.00. The number of hydrogen-bond donors (Lipinski definition) is 2. The largest absolute Gasteiger partial charge is 0.369 e. The molecule has 13 heavy (non-hydrogen) atoms. The highest BCUT2D eigenvalue weighted by Gasteiger charge is 2.33. The van der Waals surface area contributed by atoms with E-state index < -0.39 is 0 Å². The average Bonchev–Trinajstić information content (AvgIpc) is 2.72. The topological polar surface area (TPSA) is 63.9 Å². The van der Waals surface area contributed by atoms with Crippen LogP contribution in [0.1, 0.15) is 31.3 Å². The number of hydrogen-bond acceptors (Lipinski definition) is 3. The van der Waals surface area contributed by atoms with Gasteiger partial charge in [-0.05, 0) is 19.8 Å². The van der Waals surface area contributed by atoms with Gasteiger partial charge in [0.25, 0.3) is 0 Å². The lowest BCUT2D eigenvalue weighted by Crippen LogP contribution is -2.20. The Morgan fingerprint density at radius 2 is 2.62 bits per heavy atom. The average molecular weight is 181 g/mol. The molecule has 1 aliphatic rings. The highest BCUT2D eigenvalue weighted by Crippen LogP contribution is 2.34. The number of nitrogens with two attached hydrogens (primary N) is 1. The Kier molecular flexibility index (Phi) is 2.09. The quantitative estimate of drug-likeness (QED) is 0.712. The fourth-order valence-corrected chi connectivity index (χ4v) is 1.73. The molecule has 0 radical (unpaired) electrons. The zero-order chi connectivity index (χ0) is 9.31. The Balaban J connectivity index is 2.23. The van der Waals surface area contributed by atoms with Crippen LogP contribution in [0.15, 0.2) is 6.20 Å².